The molecule has 0 saturated carbocycles. The highest BCUT2D eigenvalue weighted by Crippen LogP contribution is 2.17. The number of rotatable bonds is 5. The molecule has 8 nitrogen and oxygen atoms in total. The lowest BCUT2D eigenvalue weighted by Crippen LogP contribution is -2.15. The van der Waals surface area contributed by atoms with Crippen molar-refractivity contribution in [3.63, 3.8) is 0 Å². The van der Waals surface area contributed by atoms with Crippen molar-refractivity contribution in [2.75, 3.05) is 5.32 Å². The Kier molecular flexibility index (Phi) is 4.33. The fourth-order valence-corrected chi connectivity index (χ4v) is 1.75. The van der Waals surface area contributed by atoms with Gasteiger partial charge in [-0.1, -0.05) is 0 Å². The number of nitrogens with one attached hydrogen (secondary N) is 1. The Balaban J connectivity index is 2.16. The molecule has 108 valence electrons. The van der Waals surface area contributed by atoms with Crippen molar-refractivity contribution in [1.29, 1.82) is 0 Å². The number of nitrogens with zero attached hydrogens (tertiary/aromatic N) is 6. The van der Waals surface area contributed by atoms with E-state index in [0.29, 0.717) is 5.95 Å². The van der Waals surface area contributed by atoms with Gasteiger partial charge < -0.3 is 14.6 Å². The van der Waals surface area contributed by atoms with E-state index in [1.165, 1.54) is 0 Å². The van der Waals surface area contributed by atoms with Crippen molar-refractivity contribution in [2.45, 2.75) is 32.9 Å². The normalized spacial score (nSPS) is 12.5. The highest BCUT2D eigenvalue weighted by molar-refractivity contribution is 6.28. The molecule has 2 rings (SSSR count). The van der Waals surface area contributed by atoms with Crippen LogP contribution >= 0.6 is 11.6 Å². The number of hydrogen-bond acceptors (Lipinski definition) is 7. The number of anilines is 1. The Bertz CT molecular complexity index is 586. The zero-order valence-electron chi connectivity index (χ0n) is 11.7. The average Bonchev–Trinajstić information content (AvgIpc) is 2.73. The van der Waals surface area contributed by atoms with Crippen molar-refractivity contribution in [1.82, 2.24) is 29.7 Å². The molecule has 0 saturated heterocycles. The zero-order chi connectivity index (χ0) is 14.7. The van der Waals surface area contributed by atoms with Gasteiger partial charge in [0.25, 0.3) is 0 Å². The van der Waals surface area contributed by atoms with E-state index in [2.05, 4.69) is 30.5 Å². The maximum atomic E-state index is 5.86. The third kappa shape index (κ3) is 3.53. The summed E-state index contributed by atoms with van der Waals surface area (Å²) < 4.78 is 7.22. The SMILES string of the molecule is CC(C)Oc1nc(Cl)nc(NC(C)c2nncn2C)n1. The van der Waals surface area contributed by atoms with Gasteiger partial charge in [0.1, 0.15) is 6.33 Å². The van der Waals surface area contributed by atoms with E-state index in [0.717, 1.165) is 5.82 Å². The van der Waals surface area contributed by atoms with Crippen LogP contribution < -0.4 is 10.1 Å². The van der Waals surface area contributed by atoms with Crippen LogP contribution in [-0.4, -0.2) is 35.8 Å². The minimum Gasteiger partial charge on any atom is -0.461 e. The van der Waals surface area contributed by atoms with E-state index >= 15 is 0 Å². The van der Waals surface area contributed by atoms with Crippen LogP contribution in [0.25, 0.3) is 0 Å². The molecule has 1 unspecified atom stereocenters. The molecular formula is C11H16ClN7O. The molecule has 0 radical (unpaired) electrons. The predicted octanol–water partition coefficient (Wildman–Crippen LogP) is 1.61. The lowest BCUT2D eigenvalue weighted by atomic mass is 10.3. The smallest absolute Gasteiger partial charge is 0.322 e. The summed E-state index contributed by atoms with van der Waals surface area (Å²) in [4.78, 5) is 12.1. The molecule has 1 atom stereocenters. The van der Waals surface area contributed by atoms with Crippen LogP contribution in [0.1, 0.15) is 32.6 Å². The van der Waals surface area contributed by atoms with Gasteiger partial charge in [0.15, 0.2) is 5.82 Å². The maximum absolute atomic E-state index is 5.86. The number of aromatic nitrogens is 6. The highest BCUT2D eigenvalue weighted by Gasteiger charge is 2.14. The summed E-state index contributed by atoms with van der Waals surface area (Å²) >= 11 is 5.86. The molecule has 1 N–H and O–H groups in total. The molecule has 0 aliphatic rings. The second kappa shape index (κ2) is 6.00. The fraction of sp³-hybridized carbons (Fsp3) is 0.545. The topological polar surface area (TPSA) is 90.6 Å². The minimum absolute atomic E-state index is 0.0440. The van der Waals surface area contributed by atoms with E-state index in [1.807, 2.05) is 32.4 Å². The maximum Gasteiger partial charge on any atom is 0.322 e. The number of aryl methyl sites for hydroxylation is 1. The third-order valence-electron chi connectivity index (χ3n) is 2.41. The number of hydrogen-bond donors (Lipinski definition) is 1. The van der Waals surface area contributed by atoms with Crippen LogP contribution in [0, 0.1) is 0 Å². The number of halogens is 1. The second-order valence-electron chi connectivity index (χ2n) is 4.54. The molecule has 2 aromatic rings. The first-order chi connectivity index (χ1) is 9.45. The summed E-state index contributed by atoms with van der Waals surface area (Å²) in [6, 6.07) is 0.0560. The predicted molar refractivity (Wildman–Crippen MR) is 73.6 cm³/mol. The van der Waals surface area contributed by atoms with Crippen molar-refractivity contribution in [3.05, 3.63) is 17.4 Å². The molecular weight excluding hydrogens is 282 g/mol. The van der Waals surface area contributed by atoms with Gasteiger partial charge in [-0.2, -0.15) is 15.0 Å². The van der Waals surface area contributed by atoms with Crippen LogP contribution in [-0.2, 0) is 7.05 Å². The van der Waals surface area contributed by atoms with Gasteiger partial charge in [-0.3, -0.25) is 0 Å². The summed E-state index contributed by atoms with van der Waals surface area (Å²) in [5.74, 6) is 1.09. The van der Waals surface area contributed by atoms with Crippen LogP contribution in [0.4, 0.5) is 5.95 Å². The van der Waals surface area contributed by atoms with Gasteiger partial charge in [-0.15, -0.1) is 10.2 Å². The Morgan fingerprint density at radius 3 is 2.60 bits per heavy atom. The Hall–Kier alpha value is -1.96. The molecule has 0 aliphatic carbocycles. The van der Waals surface area contributed by atoms with Gasteiger partial charge in [-0.05, 0) is 32.4 Å². The molecule has 0 aliphatic heterocycles. The first-order valence-electron chi connectivity index (χ1n) is 6.14. The van der Waals surface area contributed by atoms with Crippen LogP contribution in [0.5, 0.6) is 6.01 Å². The molecule has 2 heterocycles. The first kappa shape index (κ1) is 14.4. The first-order valence-corrected chi connectivity index (χ1v) is 6.52. The molecule has 9 heteroatoms. The molecule has 2 aromatic heterocycles. The van der Waals surface area contributed by atoms with Crippen LogP contribution in [0.3, 0.4) is 0 Å². The Morgan fingerprint density at radius 2 is 2.00 bits per heavy atom. The standard InChI is InChI=1S/C11H16ClN7O/c1-6(2)20-11-16-9(12)15-10(17-11)14-7(3)8-18-13-5-19(8)4/h5-7H,1-4H3,(H,14,15,16,17). The summed E-state index contributed by atoms with van der Waals surface area (Å²) in [6.07, 6.45) is 1.58. The van der Waals surface area contributed by atoms with Crippen molar-refractivity contribution < 1.29 is 4.74 Å². The molecule has 0 bridgehead atoms. The van der Waals surface area contributed by atoms with Gasteiger partial charge in [-0.25, -0.2) is 0 Å². The molecule has 0 aromatic carbocycles. The van der Waals surface area contributed by atoms with Gasteiger partial charge >= 0.3 is 6.01 Å². The van der Waals surface area contributed by atoms with Crippen molar-refractivity contribution in [3.8, 4) is 6.01 Å². The minimum atomic E-state index is -0.132. The zero-order valence-corrected chi connectivity index (χ0v) is 12.5. The average molecular weight is 298 g/mol. The van der Waals surface area contributed by atoms with Gasteiger partial charge in [0.2, 0.25) is 11.2 Å². The molecule has 0 amide bonds. The Morgan fingerprint density at radius 1 is 1.25 bits per heavy atom. The van der Waals surface area contributed by atoms with E-state index in [1.54, 1.807) is 6.33 Å². The van der Waals surface area contributed by atoms with Crippen LogP contribution in [0.15, 0.2) is 6.33 Å². The summed E-state index contributed by atoms with van der Waals surface area (Å²) in [7, 11) is 1.86. The van der Waals surface area contributed by atoms with Gasteiger partial charge in [0.05, 0.1) is 12.1 Å². The largest absolute Gasteiger partial charge is 0.461 e. The quantitative estimate of drug-likeness (QED) is 0.896. The lowest BCUT2D eigenvalue weighted by Gasteiger charge is -2.14. The Labute approximate surface area is 121 Å². The molecule has 20 heavy (non-hydrogen) atoms. The van der Waals surface area contributed by atoms with Crippen molar-refractivity contribution in [2.24, 2.45) is 7.05 Å². The van der Waals surface area contributed by atoms with Crippen molar-refractivity contribution >= 4 is 17.5 Å². The summed E-state index contributed by atoms with van der Waals surface area (Å²) in [6.45, 7) is 5.69. The second-order valence-corrected chi connectivity index (χ2v) is 4.88. The lowest BCUT2D eigenvalue weighted by molar-refractivity contribution is 0.222. The highest BCUT2D eigenvalue weighted by atomic mass is 35.5. The monoisotopic (exact) mass is 297 g/mol. The molecule has 0 spiro atoms. The van der Waals surface area contributed by atoms with Crippen LogP contribution in [0.2, 0.25) is 5.28 Å². The molecule has 0 fully saturated rings. The summed E-state index contributed by atoms with van der Waals surface area (Å²) in [5, 5.41) is 11.0. The van der Waals surface area contributed by atoms with E-state index < -0.39 is 0 Å². The number of ether oxygens (including phenoxy) is 1. The van der Waals surface area contributed by atoms with E-state index in [9.17, 15) is 0 Å². The fourth-order valence-electron chi connectivity index (χ4n) is 1.60. The third-order valence-corrected chi connectivity index (χ3v) is 2.58. The van der Waals surface area contributed by atoms with Gasteiger partial charge in [0, 0.05) is 7.05 Å². The van der Waals surface area contributed by atoms with E-state index in [4.69, 9.17) is 16.3 Å². The summed E-state index contributed by atoms with van der Waals surface area (Å²) in [5.41, 5.74) is 0. The van der Waals surface area contributed by atoms with E-state index in [-0.39, 0.29) is 23.4 Å².